The van der Waals surface area contributed by atoms with Crippen LogP contribution in [0.3, 0.4) is 0 Å². The summed E-state index contributed by atoms with van der Waals surface area (Å²) >= 11 is 0. The highest BCUT2D eigenvalue weighted by atomic mass is 16.5. The number of benzene rings is 1. The number of para-hydroxylation sites is 1. The summed E-state index contributed by atoms with van der Waals surface area (Å²) < 4.78 is 10.1. The lowest BCUT2D eigenvalue weighted by atomic mass is 10.0. The molecule has 5 heteroatoms. The number of aliphatic hydroxyl groups excluding tert-OH is 1. The summed E-state index contributed by atoms with van der Waals surface area (Å²) in [5, 5.41) is 12.8. The van der Waals surface area contributed by atoms with Crippen LogP contribution >= 0.6 is 0 Å². The molecule has 2 aromatic rings. The molecule has 0 aliphatic heterocycles. The van der Waals surface area contributed by atoms with Crippen molar-refractivity contribution < 1.29 is 14.4 Å². The first-order valence-electron chi connectivity index (χ1n) is 4.75. The first kappa shape index (κ1) is 10.5. The van der Waals surface area contributed by atoms with Crippen molar-refractivity contribution in [3.05, 3.63) is 30.0 Å². The SMILES string of the molecule is COc1c(CO)cccc1-c1cnoc1N. The standard InChI is InChI=1S/C11H12N2O3/c1-15-10-7(6-14)3-2-4-8(10)9-5-13-16-11(9)12/h2-5,14H,6,12H2,1H3. The monoisotopic (exact) mass is 220 g/mol. The Kier molecular flexibility index (Phi) is 2.78. The molecule has 2 rings (SSSR count). The molecular weight excluding hydrogens is 208 g/mol. The van der Waals surface area contributed by atoms with E-state index in [9.17, 15) is 5.11 Å². The van der Waals surface area contributed by atoms with Gasteiger partial charge in [-0.2, -0.15) is 0 Å². The van der Waals surface area contributed by atoms with Gasteiger partial charge in [0.05, 0.1) is 25.5 Å². The third kappa shape index (κ3) is 1.61. The van der Waals surface area contributed by atoms with Gasteiger partial charge in [0.1, 0.15) is 5.75 Å². The smallest absolute Gasteiger partial charge is 0.230 e. The molecule has 16 heavy (non-hydrogen) atoms. The Hall–Kier alpha value is -2.01. The van der Waals surface area contributed by atoms with E-state index >= 15 is 0 Å². The summed E-state index contributed by atoms with van der Waals surface area (Å²) in [6.07, 6.45) is 1.52. The Morgan fingerprint density at radius 3 is 2.81 bits per heavy atom. The Morgan fingerprint density at radius 2 is 2.25 bits per heavy atom. The number of aromatic nitrogens is 1. The average molecular weight is 220 g/mol. The molecule has 1 aromatic carbocycles. The number of aliphatic hydroxyl groups is 1. The summed E-state index contributed by atoms with van der Waals surface area (Å²) in [6.45, 7) is -0.0950. The van der Waals surface area contributed by atoms with Crippen LogP contribution in [-0.4, -0.2) is 17.4 Å². The van der Waals surface area contributed by atoms with Gasteiger partial charge < -0.3 is 20.1 Å². The maximum Gasteiger partial charge on any atom is 0.230 e. The normalized spacial score (nSPS) is 10.4. The largest absolute Gasteiger partial charge is 0.496 e. The van der Waals surface area contributed by atoms with E-state index < -0.39 is 0 Å². The molecule has 0 radical (unpaired) electrons. The van der Waals surface area contributed by atoms with Gasteiger partial charge >= 0.3 is 0 Å². The fourth-order valence-electron chi connectivity index (χ4n) is 1.61. The Bertz CT molecular complexity index is 494. The van der Waals surface area contributed by atoms with Crippen molar-refractivity contribution in [2.24, 2.45) is 0 Å². The molecule has 84 valence electrons. The quantitative estimate of drug-likeness (QED) is 0.817. The molecule has 0 saturated heterocycles. The van der Waals surface area contributed by atoms with Crippen LogP contribution in [0, 0.1) is 0 Å². The molecule has 0 amide bonds. The third-order valence-corrected chi connectivity index (χ3v) is 2.36. The number of hydrogen-bond donors (Lipinski definition) is 2. The highest BCUT2D eigenvalue weighted by molar-refractivity contribution is 5.78. The molecule has 0 atom stereocenters. The summed E-state index contributed by atoms with van der Waals surface area (Å²) in [5.41, 5.74) is 7.75. The van der Waals surface area contributed by atoms with Gasteiger partial charge in [-0.05, 0) is 0 Å². The number of rotatable bonds is 3. The second-order valence-electron chi connectivity index (χ2n) is 3.26. The van der Waals surface area contributed by atoms with Gasteiger partial charge in [0.2, 0.25) is 5.88 Å². The lowest BCUT2D eigenvalue weighted by Crippen LogP contribution is -1.95. The van der Waals surface area contributed by atoms with Gasteiger partial charge in [-0.1, -0.05) is 23.4 Å². The fourth-order valence-corrected chi connectivity index (χ4v) is 1.61. The van der Waals surface area contributed by atoms with Crippen molar-refractivity contribution in [1.82, 2.24) is 5.16 Å². The van der Waals surface area contributed by atoms with Gasteiger partial charge in [-0.3, -0.25) is 0 Å². The number of nitrogens with two attached hydrogens (primary N) is 1. The number of nitrogens with zero attached hydrogens (tertiary/aromatic N) is 1. The number of ether oxygens (including phenoxy) is 1. The van der Waals surface area contributed by atoms with Crippen molar-refractivity contribution in [3.8, 4) is 16.9 Å². The molecule has 0 saturated carbocycles. The van der Waals surface area contributed by atoms with Gasteiger partial charge in [-0.15, -0.1) is 0 Å². The van der Waals surface area contributed by atoms with Crippen LogP contribution < -0.4 is 10.5 Å². The van der Waals surface area contributed by atoms with E-state index in [-0.39, 0.29) is 12.5 Å². The van der Waals surface area contributed by atoms with Gasteiger partial charge in [0, 0.05) is 11.1 Å². The first-order valence-corrected chi connectivity index (χ1v) is 4.75. The van der Waals surface area contributed by atoms with Crippen LogP contribution in [0.15, 0.2) is 28.9 Å². The van der Waals surface area contributed by atoms with Crippen LogP contribution in [0.1, 0.15) is 5.56 Å². The number of methoxy groups -OCH3 is 1. The third-order valence-electron chi connectivity index (χ3n) is 2.36. The minimum absolute atomic E-state index is 0.0950. The molecule has 1 aromatic heterocycles. The predicted molar refractivity (Wildman–Crippen MR) is 58.8 cm³/mol. The lowest BCUT2D eigenvalue weighted by Gasteiger charge is -2.10. The fraction of sp³-hybridized carbons (Fsp3) is 0.182. The summed E-state index contributed by atoms with van der Waals surface area (Å²) in [5.74, 6) is 0.813. The van der Waals surface area contributed by atoms with Crippen LogP contribution in [0.25, 0.3) is 11.1 Å². The second kappa shape index (κ2) is 4.24. The molecule has 0 fully saturated rings. The Labute approximate surface area is 92.4 Å². The molecule has 0 unspecified atom stereocenters. The molecule has 1 heterocycles. The van der Waals surface area contributed by atoms with E-state index in [0.717, 1.165) is 5.56 Å². The van der Waals surface area contributed by atoms with E-state index in [1.807, 2.05) is 12.1 Å². The highest BCUT2D eigenvalue weighted by Crippen LogP contribution is 2.35. The summed E-state index contributed by atoms with van der Waals surface area (Å²) in [4.78, 5) is 0. The molecule has 0 aliphatic carbocycles. The number of anilines is 1. The molecule has 0 bridgehead atoms. The average Bonchev–Trinajstić information content (AvgIpc) is 2.74. The predicted octanol–water partition coefficient (Wildman–Crippen LogP) is 1.42. The topological polar surface area (TPSA) is 81.5 Å². The highest BCUT2D eigenvalue weighted by Gasteiger charge is 2.14. The van der Waals surface area contributed by atoms with E-state index in [0.29, 0.717) is 16.9 Å². The van der Waals surface area contributed by atoms with Crippen LogP contribution in [-0.2, 0) is 6.61 Å². The van der Waals surface area contributed by atoms with E-state index in [1.54, 1.807) is 13.2 Å². The number of nitrogen functional groups attached to an aromatic ring is 1. The molecule has 5 nitrogen and oxygen atoms in total. The van der Waals surface area contributed by atoms with Crippen LogP contribution in [0.5, 0.6) is 5.75 Å². The van der Waals surface area contributed by atoms with E-state index in [2.05, 4.69) is 5.16 Å². The summed E-state index contributed by atoms with van der Waals surface area (Å²) in [7, 11) is 1.54. The van der Waals surface area contributed by atoms with Crippen molar-refractivity contribution in [2.45, 2.75) is 6.61 Å². The van der Waals surface area contributed by atoms with Crippen molar-refractivity contribution in [3.63, 3.8) is 0 Å². The summed E-state index contributed by atoms with van der Waals surface area (Å²) in [6, 6.07) is 5.43. The zero-order chi connectivity index (χ0) is 11.5. The van der Waals surface area contributed by atoms with Gasteiger partial charge in [0.25, 0.3) is 0 Å². The Morgan fingerprint density at radius 1 is 1.44 bits per heavy atom. The lowest BCUT2D eigenvalue weighted by molar-refractivity contribution is 0.274. The van der Waals surface area contributed by atoms with Gasteiger partial charge in [0.15, 0.2) is 0 Å². The van der Waals surface area contributed by atoms with E-state index in [1.165, 1.54) is 6.20 Å². The van der Waals surface area contributed by atoms with Gasteiger partial charge in [-0.25, -0.2) is 0 Å². The molecule has 0 spiro atoms. The second-order valence-corrected chi connectivity index (χ2v) is 3.26. The van der Waals surface area contributed by atoms with Crippen molar-refractivity contribution in [1.29, 1.82) is 0 Å². The number of hydrogen-bond acceptors (Lipinski definition) is 5. The van der Waals surface area contributed by atoms with Crippen molar-refractivity contribution in [2.75, 3.05) is 12.8 Å². The molecule has 0 aliphatic rings. The Balaban J connectivity index is 2.61. The molecule has 3 N–H and O–H groups in total. The van der Waals surface area contributed by atoms with Crippen LogP contribution in [0.4, 0.5) is 5.88 Å². The minimum Gasteiger partial charge on any atom is -0.496 e. The maximum absolute atomic E-state index is 9.19. The zero-order valence-corrected chi connectivity index (χ0v) is 8.80. The van der Waals surface area contributed by atoms with E-state index in [4.69, 9.17) is 15.0 Å². The van der Waals surface area contributed by atoms with Crippen LogP contribution in [0.2, 0.25) is 0 Å². The van der Waals surface area contributed by atoms with Crippen molar-refractivity contribution >= 4 is 5.88 Å². The molecular formula is C11H12N2O3. The maximum atomic E-state index is 9.19. The zero-order valence-electron chi connectivity index (χ0n) is 8.80. The first-order chi connectivity index (χ1) is 7.77. The minimum atomic E-state index is -0.0950.